The lowest BCUT2D eigenvalue weighted by molar-refractivity contribution is 0.453. The molecule has 0 heterocycles. The van der Waals surface area contributed by atoms with Crippen LogP contribution in [-0.4, -0.2) is 11.4 Å². The van der Waals surface area contributed by atoms with Crippen molar-refractivity contribution in [1.29, 1.82) is 0 Å². The van der Waals surface area contributed by atoms with Gasteiger partial charge in [0, 0.05) is 17.3 Å². The summed E-state index contributed by atoms with van der Waals surface area (Å²) in [6, 6.07) is 0. The number of hydrogen-bond donors (Lipinski definition) is 0. The maximum atomic E-state index is 5.02. The van der Waals surface area contributed by atoms with E-state index in [1.165, 1.54) is 102 Å². The highest BCUT2D eigenvalue weighted by atomic mass is 14.8. The zero-order valence-electron chi connectivity index (χ0n) is 19.2. The first-order valence-corrected chi connectivity index (χ1v) is 12.2. The second-order valence-electron chi connectivity index (χ2n) is 9.11. The molecule has 0 unspecified atom stereocenters. The highest BCUT2D eigenvalue weighted by Gasteiger charge is 2.17. The molecule has 2 heteroatoms. The minimum absolute atomic E-state index is 0.537. The van der Waals surface area contributed by atoms with Gasteiger partial charge in [0.05, 0.1) is 11.4 Å². The average Bonchev–Trinajstić information content (AvgIpc) is 2.83. The van der Waals surface area contributed by atoms with E-state index < -0.39 is 0 Å². The van der Waals surface area contributed by atoms with Gasteiger partial charge >= 0.3 is 0 Å². The molecule has 0 aliphatic heterocycles. The van der Waals surface area contributed by atoms with Crippen molar-refractivity contribution in [3.63, 3.8) is 0 Å². The molecule has 0 saturated heterocycles. The maximum Gasteiger partial charge on any atom is 0.0838 e. The lowest BCUT2D eigenvalue weighted by Crippen LogP contribution is -2.14. The van der Waals surface area contributed by atoms with Crippen LogP contribution in [0.15, 0.2) is 46.7 Å². The van der Waals surface area contributed by atoms with Crippen LogP contribution in [0.4, 0.5) is 0 Å². The lowest BCUT2D eigenvalue weighted by atomic mass is 9.87. The number of nitrogens with zero attached hydrogens (tertiary/aromatic N) is 2. The molecule has 0 aromatic heterocycles. The van der Waals surface area contributed by atoms with Crippen LogP contribution in [0.5, 0.6) is 0 Å². The highest BCUT2D eigenvalue weighted by molar-refractivity contribution is 5.97. The van der Waals surface area contributed by atoms with Crippen LogP contribution in [0.2, 0.25) is 0 Å². The monoisotopic (exact) mass is 396 g/mol. The van der Waals surface area contributed by atoms with Crippen molar-refractivity contribution in [3.05, 3.63) is 36.7 Å². The van der Waals surface area contributed by atoms with Gasteiger partial charge in [-0.25, -0.2) is 0 Å². The van der Waals surface area contributed by atoms with Crippen molar-refractivity contribution in [2.45, 2.75) is 110 Å². The predicted molar refractivity (Wildman–Crippen MR) is 130 cm³/mol. The average molecular weight is 397 g/mol. The van der Waals surface area contributed by atoms with E-state index in [1.54, 1.807) is 0 Å². The second-order valence-corrected chi connectivity index (χ2v) is 9.11. The highest BCUT2D eigenvalue weighted by Crippen LogP contribution is 2.26. The van der Waals surface area contributed by atoms with Crippen LogP contribution in [0, 0.1) is 11.8 Å². The molecular weight excluding hydrogens is 352 g/mol. The van der Waals surface area contributed by atoms with Crippen LogP contribution in [0.3, 0.4) is 0 Å². The summed E-state index contributed by atoms with van der Waals surface area (Å²) in [4.78, 5) is 10.0. The number of allylic oxidation sites excluding steroid dienone is 3. The van der Waals surface area contributed by atoms with Gasteiger partial charge < -0.3 is 0 Å². The second kappa shape index (κ2) is 13.7. The summed E-state index contributed by atoms with van der Waals surface area (Å²) >= 11 is 0. The molecule has 0 bridgehead atoms. The summed E-state index contributed by atoms with van der Waals surface area (Å²) < 4.78 is 0. The Morgan fingerprint density at radius 1 is 0.621 bits per heavy atom. The molecule has 29 heavy (non-hydrogen) atoms. The molecule has 2 fully saturated rings. The van der Waals surface area contributed by atoms with E-state index in [0.717, 1.165) is 17.1 Å². The third kappa shape index (κ3) is 8.44. The summed E-state index contributed by atoms with van der Waals surface area (Å²) in [6.07, 6.45) is 23.9. The van der Waals surface area contributed by atoms with Crippen molar-refractivity contribution in [2.24, 2.45) is 21.8 Å². The normalized spacial score (nSPS) is 23.1. The van der Waals surface area contributed by atoms with E-state index in [9.17, 15) is 0 Å². The van der Waals surface area contributed by atoms with Gasteiger partial charge in [0.25, 0.3) is 0 Å². The molecule has 0 spiro atoms. The molecule has 2 aliphatic carbocycles. The van der Waals surface area contributed by atoms with Gasteiger partial charge in [-0.15, -0.1) is 0 Å². The summed E-state index contributed by atoms with van der Waals surface area (Å²) in [5.74, 6) is 1.16. The summed E-state index contributed by atoms with van der Waals surface area (Å²) in [6.45, 7) is 12.4. The summed E-state index contributed by atoms with van der Waals surface area (Å²) in [5.41, 5.74) is 4.34. The minimum Gasteiger partial charge on any atom is -0.260 e. The smallest absolute Gasteiger partial charge is 0.0838 e. The molecule has 0 aromatic rings. The zero-order chi connectivity index (χ0) is 20.9. The Morgan fingerprint density at radius 3 is 1.52 bits per heavy atom. The van der Waals surface area contributed by atoms with E-state index in [1.807, 2.05) is 12.2 Å². The van der Waals surface area contributed by atoms with E-state index in [0.29, 0.717) is 11.8 Å². The molecule has 0 atom stereocenters. The first-order chi connectivity index (χ1) is 14.2. The van der Waals surface area contributed by atoms with E-state index >= 15 is 0 Å². The SMILES string of the molecule is C=CC(=N/C(C=C)=C(\C)N=C(C)C1CCCCCCCC1)C1CCCCCCC1. The van der Waals surface area contributed by atoms with Gasteiger partial charge in [-0.3, -0.25) is 9.98 Å². The number of rotatable bonds is 6. The first kappa shape index (κ1) is 23.8. The van der Waals surface area contributed by atoms with Crippen molar-refractivity contribution in [3.8, 4) is 0 Å². The number of hydrogen-bond acceptors (Lipinski definition) is 2. The van der Waals surface area contributed by atoms with Gasteiger partial charge in [0.2, 0.25) is 0 Å². The van der Waals surface area contributed by atoms with Crippen LogP contribution in [0.25, 0.3) is 0 Å². The Labute approximate surface area is 180 Å². The van der Waals surface area contributed by atoms with Gasteiger partial charge in [-0.2, -0.15) is 0 Å². The van der Waals surface area contributed by atoms with E-state index in [-0.39, 0.29) is 0 Å². The van der Waals surface area contributed by atoms with Gasteiger partial charge in [0.1, 0.15) is 0 Å². The molecule has 0 N–H and O–H groups in total. The molecule has 2 saturated carbocycles. The third-order valence-electron chi connectivity index (χ3n) is 6.84. The predicted octanol–water partition coefficient (Wildman–Crippen LogP) is 8.60. The molecule has 162 valence electrons. The molecular formula is C27H44N2. The van der Waals surface area contributed by atoms with Crippen LogP contribution >= 0.6 is 0 Å². The molecule has 0 aromatic carbocycles. The van der Waals surface area contributed by atoms with Crippen LogP contribution in [0.1, 0.15) is 110 Å². The van der Waals surface area contributed by atoms with Crippen molar-refractivity contribution in [1.82, 2.24) is 0 Å². The molecule has 2 rings (SSSR count). The quantitative estimate of drug-likeness (QED) is 0.317. The fraction of sp³-hybridized carbons (Fsp3) is 0.704. The summed E-state index contributed by atoms with van der Waals surface area (Å²) in [7, 11) is 0. The van der Waals surface area contributed by atoms with Gasteiger partial charge in [0.15, 0.2) is 0 Å². The van der Waals surface area contributed by atoms with Crippen molar-refractivity contribution < 1.29 is 0 Å². The third-order valence-corrected chi connectivity index (χ3v) is 6.84. The molecule has 2 aliphatic rings. The Balaban J connectivity index is 2.17. The molecule has 0 radical (unpaired) electrons. The standard InChI is InChI=1S/C27H44N2/c1-5-26(29-27(6-2)25-20-16-12-9-13-17-21-25)23(4)28-22(3)24-18-14-10-7-8-11-15-19-24/h5-6,24-25H,1-2,7-21H2,3-4H3/b26-23+,28-22?,29-27?. The minimum atomic E-state index is 0.537. The Kier molecular flexibility index (Phi) is 11.3. The van der Waals surface area contributed by atoms with Crippen LogP contribution < -0.4 is 0 Å². The Hall–Kier alpha value is -1.44. The fourth-order valence-electron chi connectivity index (χ4n) is 4.93. The molecule has 0 amide bonds. The topological polar surface area (TPSA) is 24.7 Å². The van der Waals surface area contributed by atoms with Crippen LogP contribution in [-0.2, 0) is 0 Å². The largest absolute Gasteiger partial charge is 0.260 e. The van der Waals surface area contributed by atoms with E-state index in [4.69, 9.17) is 9.98 Å². The fourth-order valence-corrected chi connectivity index (χ4v) is 4.93. The zero-order valence-corrected chi connectivity index (χ0v) is 19.2. The van der Waals surface area contributed by atoms with E-state index in [2.05, 4.69) is 27.0 Å². The Morgan fingerprint density at radius 2 is 1.07 bits per heavy atom. The van der Waals surface area contributed by atoms with Gasteiger partial charge in [-0.05, 0) is 57.6 Å². The maximum absolute atomic E-state index is 5.02. The Bertz CT molecular complexity index is 590. The van der Waals surface area contributed by atoms with Gasteiger partial charge in [-0.1, -0.05) is 83.8 Å². The first-order valence-electron chi connectivity index (χ1n) is 12.2. The van der Waals surface area contributed by atoms with Crippen molar-refractivity contribution in [2.75, 3.05) is 0 Å². The van der Waals surface area contributed by atoms with Crippen molar-refractivity contribution >= 4 is 11.4 Å². The molecule has 2 nitrogen and oxygen atoms in total. The lowest BCUT2D eigenvalue weighted by Gasteiger charge is -2.20. The number of aliphatic imine (C=N–C) groups is 2. The summed E-state index contributed by atoms with van der Waals surface area (Å²) in [5, 5.41) is 0.